The molecule has 1 aromatic heterocycles. The Kier molecular flexibility index (Phi) is 8.20. The number of halogens is 1. The molecule has 1 heterocycles. The van der Waals surface area contributed by atoms with Crippen LogP contribution in [0.25, 0.3) is 16.9 Å². The second-order valence-electron chi connectivity index (χ2n) is 6.91. The Balaban J connectivity index is 1.69. The van der Waals surface area contributed by atoms with Crippen molar-refractivity contribution in [2.75, 3.05) is 25.6 Å². The molecule has 0 aliphatic rings. The van der Waals surface area contributed by atoms with E-state index in [1.54, 1.807) is 23.9 Å². The van der Waals surface area contributed by atoms with Crippen molar-refractivity contribution in [2.24, 2.45) is 0 Å². The first-order valence-corrected chi connectivity index (χ1v) is 10.4. The summed E-state index contributed by atoms with van der Waals surface area (Å²) in [5.41, 5.74) is 2.46. The van der Waals surface area contributed by atoms with Crippen molar-refractivity contribution in [1.29, 1.82) is 0 Å². The predicted octanol–water partition coefficient (Wildman–Crippen LogP) is 4.06. The molecule has 3 rings (SSSR count). The summed E-state index contributed by atoms with van der Waals surface area (Å²) in [4.78, 5) is 24.3. The topological polar surface area (TPSA) is 85.2 Å². The smallest absolute Gasteiger partial charge is 0.225 e. The third kappa shape index (κ3) is 6.67. The van der Waals surface area contributed by atoms with E-state index in [1.165, 1.54) is 0 Å². The number of carbonyl (C=O) groups excluding carboxylic acids is 2. The normalized spacial score (nSPS) is 10.6. The van der Waals surface area contributed by atoms with E-state index in [0.717, 1.165) is 16.9 Å². The number of hydrogen-bond acceptors (Lipinski definition) is 4. The lowest BCUT2D eigenvalue weighted by molar-refractivity contribution is -0.121. The molecule has 2 N–H and O–H groups in total. The molecule has 2 amide bonds. The van der Waals surface area contributed by atoms with Crippen LogP contribution in [-0.4, -0.2) is 41.9 Å². The van der Waals surface area contributed by atoms with E-state index >= 15 is 0 Å². The molecule has 0 unspecified atom stereocenters. The van der Waals surface area contributed by atoms with Crippen molar-refractivity contribution in [3.8, 4) is 16.9 Å². The zero-order valence-electron chi connectivity index (χ0n) is 17.3. The molecular weight excluding hydrogens is 416 g/mol. The van der Waals surface area contributed by atoms with Gasteiger partial charge < -0.3 is 15.4 Å². The highest BCUT2D eigenvalue weighted by Crippen LogP contribution is 2.25. The molecule has 0 bridgehead atoms. The molecule has 0 spiro atoms. The van der Waals surface area contributed by atoms with Crippen LogP contribution in [0.15, 0.2) is 60.7 Å². The minimum Gasteiger partial charge on any atom is -0.383 e. The molecule has 162 valence electrons. The fraction of sp³-hybridized carbons (Fsp3) is 0.261. The Labute approximate surface area is 186 Å². The van der Waals surface area contributed by atoms with E-state index in [2.05, 4.69) is 15.7 Å². The molecule has 0 saturated carbocycles. The average Bonchev–Trinajstić information content (AvgIpc) is 3.19. The van der Waals surface area contributed by atoms with Gasteiger partial charge in [0.1, 0.15) is 5.82 Å². The lowest BCUT2D eigenvalue weighted by Gasteiger charge is -2.09. The number of benzene rings is 2. The Morgan fingerprint density at radius 3 is 2.45 bits per heavy atom. The second-order valence-corrected chi connectivity index (χ2v) is 7.35. The van der Waals surface area contributed by atoms with Crippen LogP contribution in [-0.2, 0) is 14.3 Å². The van der Waals surface area contributed by atoms with E-state index in [1.807, 2.05) is 48.5 Å². The van der Waals surface area contributed by atoms with Gasteiger partial charge in [0.2, 0.25) is 11.8 Å². The van der Waals surface area contributed by atoms with E-state index < -0.39 is 0 Å². The van der Waals surface area contributed by atoms with Gasteiger partial charge in [0.15, 0.2) is 0 Å². The van der Waals surface area contributed by atoms with Gasteiger partial charge in [0.25, 0.3) is 0 Å². The van der Waals surface area contributed by atoms with Crippen LogP contribution >= 0.6 is 11.6 Å². The maximum atomic E-state index is 12.5. The lowest BCUT2D eigenvalue weighted by atomic mass is 10.1. The van der Waals surface area contributed by atoms with Crippen LogP contribution < -0.4 is 10.6 Å². The summed E-state index contributed by atoms with van der Waals surface area (Å²) >= 11 is 6.01. The number of rotatable bonds is 10. The van der Waals surface area contributed by atoms with Crippen molar-refractivity contribution in [3.05, 3.63) is 65.7 Å². The van der Waals surface area contributed by atoms with E-state index in [9.17, 15) is 9.59 Å². The summed E-state index contributed by atoms with van der Waals surface area (Å²) in [6.45, 7) is 0.925. The standard InChI is InChI=1S/C23H25ClN4O3/c1-31-15-14-25-22(29)8-5-9-23(30)26-21-16-20(17-6-3-2-4-7-17)27-28(21)19-12-10-18(24)11-13-19/h2-4,6-7,10-13,16H,5,8-9,14-15H2,1H3,(H,25,29)(H,26,30). The van der Waals surface area contributed by atoms with Gasteiger partial charge in [0.05, 0.1) is 18.0 Å². The fourth-order valence-electron chi connectivity index (χ4n) is 2.99. The van der Waals surface area contributed by atoms with Gasteiger partial charge in [-0.3, -0.25) is 9.59 Å². The van der Waals surface area contributed by atoms with Crippen molar-refractivity contribution in [2.45, 2.75) is 19.3 Å². The van der Waals surface area contributed by atoms with Crippen LogP contribution in [0.2, 0.25) is 5.02 Å². The summed E-state index contributed by atoms with van der Waals surface area (Å²) in [6, 6.07) is 18.8. The fourth-order valence-corrected chi connectivity index (χ4v) is 3.12. The van der Waals surface area contributed by atoms with Gasteiger partial charge in [-0.2, -0.15) is 5.10 Å². The van der Waals surface area contributed by atoms with Gasteiger partial charge in [0, 0.05) is 43.1 Å². The molecule has 0 aliphatic carbocycles. The summed E-state index contributed by atoms with van der Waals surface area (Å²) in [6.07, 6.45) is 0.957. The number of carbonyl (C=O) groups is 2. The van der Waals surface area contributed by atoms with Crippen LogP contribution in [0.5, 0.6) is 0 Å². The first kappa shape index (κ1) is 22.5. The third-order valence-corrected chi connectivity index (χ3v) is 4.81. The minimum atomic E-state index is -0.181. The number of hydrogen-bond donors (Lipinski definition) is 2. The van der Waals surface area contributed by atoms with E-state index in [4.69, 9.17) is 16.3 Å². The summed E-state index contributed by atoms with van der Waals surface area (Å²) in [7, 11) is 1.58. The number of nitrogens with zero attached hydrogens (tertiary/aromatic N) is 2. The van der Waals surface area contributed by atoms with Crippen molar-refractivity contribution in [1.82, 2.24) is 15.1 Å². The number of nitrogens with one attached hydrogen (secondary N) is 2. The number of aromatic nitrogens is 2. The molecule has 8 heteroatoms. The SMILES string of the molecule is COCCNC(=O)CCCC(=O)Nc1cc(-c2ccccc2)nn1-c1ccc(Cl)cc1. The summed E-state index contributed by atoms with van der Waals surface area (Å²) in [5, 5.41) is 10.9. The minimum absolute atomic E-state index is 0.0950. The predicted molar refractivity (Wildman–Crippen MR) is 121 cm³/mol. The van der Waals surface area contributed by atoms with Gasteiger partial charge >= 0.3 is 0 Å². The highest BCUT2D eigenvalue weighted by Gasteiger charge is 2.14. The van der Waals surface area contributed by atoms with Gasteiger partial charge in [-0.05, 0) is 30.7 Å². The maximum absolute atomic E-state index is 12.5. The first-order chi connectivity index (χ1) is 15.1. The molecule has 31 heavy (non-hydrogen) atoms. The van der Waals surface area contributed by atoms with Gasteiger partial charge in [-0.1, -0.05) is 41.9 Å². The van der Waals surface area contributed by atoms with Crippen molar-refractivity contribution < 1.29 is 14.3 Å². The number of methoxy groups -OCH3 is 1. The maximum Gasteiger partial charge on any atom is 0.225 e. The Hall–Kier alpha value is -3.16. The van der Waals surface area contributed by atoms with Crippen molar-refractivity contribution in [3.63, 3.8) is 0 Å². The van der Waals surface area contributed by atoms with Gasteiger partial charge in [-0.15, -0.1) is 0 Å². The second kappa shape index (κ2) is 11.3. The molecule has 0 saturated heterocycles. The molecule has 0 atom stereocenters. The van der Waals surface area contributed by atoms with Crippen LogP contribution in [0.4, 0.5) is 5.82 Å². The number of anilines is 1. The van der Waals surface area contributed by atoms with Crippen LogP contribution in [0, 0.1) is 0 Å². The summed E-state index contributed by atoms with van der Waals surface area (Å²) in [5.74, 6) is 0.276. The molecule has 7 nitrogen and oxygen atoms in total. The quantitative estimate of drug-likeness (QED) is 0.465. The summed E-state index contributed by atoms with van der Waals surface area (Å²) < 4.78 is 6.57. The van der Waals surface area contributed by atoms with Crippen LogP contribution in [0.1, 0.15) is 19.3 Å². The third-order valence-electron chi connectivity index (χ3n) is 4.55. The zero-order chi connectivity index (χ0) is 22.1. The molecule has 3 aromatic rings. The van der Waals surface area contributed by atoms with E-state index in [-0.39, 0.29) is 24.7 Å². The number of amides is 2. The van der Waals surface area contributed by atoms with Gasteiger partial charge in [-0.25, -0.2) is 4.68 Å². The molecule has 0 fully saturated rings. The first-order valence-electron chi connectivity index (χ1n) is 10.0. The highest BCUT2D eigenvalue weighted by molar-refractivity contribution is 6.30. The lowest BCUT2D eigenvalue weighted by Crippen LogP contribution is -2.27. The van der Waals surface area contributed by atoms with Crippen molar-refractivity contribution >= 4 is 29.2 Å². The Morgan fingerprint density at radius 1 is 1.03 bits per heavy atom. The molecule has 2 aromatic carbocycles. The zero-order valence-corrected chi connectivity index (χ0v) is 18.1. The Morgan fingerprint density at radius 2 is 1.74 bits per heavy atom. The highest BCUT2D eigenvalue weighted by atomic mass is 35.5. The number of ether oxygens (including phenoxy) is 1. The van der Waals surface area contributed by atoms with E-state index in [0.29, 0.717) is 30.4 Å². The molecule has 0 aliphatic heterocycles. The monoisotopic (exact) mass is 440 g/mol. The molecule has 0 radical (unpaired) electrons. The molecular formula is C23H25ClN4O3. The van der Waals surface area contributed by atoms with Crippen LogP contribution in [0.3, 0.4) is 0 Å². The Bertz CT molecular complexity index is 1000. The largest absolute Gasteiger partial charge is 0.383 e. The average molecular weight is 441 g/mol.